The van der Waals surface area contributed by atoms with E-state index in [2.05, 4.69) is 15.4 Å². The molecule has 0 bridgehead atoms. The first-order valence-corrected chi connectivity index (χ1v) is 12.4. The zero-order valence-electron chi connectivity index (χ0n) is 21.1. The van der Waals surface area contributed by atoms with E-state index in [0.29, 0.717) is 17.2 Å². The number of pyridine rings is 1. The molecule has 0 saturated heterocycles. The normalized spacial score (nSPS) is 13.3. The summed E-state index contributed by atoms with van der Waals surface area (Å²) in [6, 6.07) is 13.6. The van der Waals surface area contributed by atoms with Crippen LogP contribution in [0.15, 0.2) is 66.9 Å². The van der Waals surface area contributed by atoms with Gasteiger partial charge in [-0.2, -0.15) is 5.10 Å². The van der Waals surface area contributed by atoms with Crippen LogP contribution in [0.4, 0.5) is 25.1 Å². The molecule has 9 nitrogen and oxygen atoms in total. The summed E-state index contributed by atoms with van der Waals surface area (Å²) in [4.78, 5) is 29.8. The summed E-state index contributed by atoms with van der Waals surface area (Å²) in [5.41, 5.74) is 7.26. The Morgan fingerprint density at radius 3 is 2.33 bits per heavy atom. The molecule has 0 atom stereocenters. The first kappa shape index (κ1) is 25.8. The number of halogens is 2. The smallest absolute Gasteiger partial charge is 0.325 e. The van der Waals surface area contributed by atoms with Gasteiger partial charge in [0.05, 0.1) is 17.1 Å². The van der Waals surface area contributed by atoms with Crippen molar-refractivity contribution in [1.82, 2.24) is 20.1 Å². The molecule has 0 radical (unpaired) electrons. The Hall–Kier alpha value is -4.80. The number of nitrogens with one attached hydrogen (secondary N) is 1. The molecule has 0 unspecified atom stereocenters. The van der Waals surface area contributed by atoms with Gasteiger partial charge < -0.3 is 15.8 Å². The van der Waals surface area contributed by atoms with E-state index in [1.165, 1.54) is 28.9 Å². The molecule has 4 aromatic rings. The summed E-state index contributed by atoms with van der Waals surface area (Å²) in [5, 5.41) is 7.15. The predicted molar refractivity (Wildman–Crippen MR) is 141 cm³/mol. The highest BCUT2D eigenvalue weighted by molar-refractivity contribution is 5.98. The maximum absolute atomic E-state index is 14.1. The van der Waals surface area contributed by atoms with Crippen molar-refractivity contribution in [3.8, 4) is 17.2 Å². The lowest BCUT2D eigenvalue weighted by Gasteiger charge is -2.21. The van der Waals surface area contributed by atoms with Gasteiger partial charge in [-0.05, 0) is 55.3 Å². The zero-order chi connectivity index (χ0) is 27.5. The number of amides is 3. The summed E-state index contributed by atoms with van der Waals surface area (Å²) in [7, 11) is 1.51. The first-order chi connectivity index (χ1) is 18.8. The molecule has 1 saturated carbocycles. The predicted octanol–water partition coefficient (Wildman–Crippen LogP) is 5.57. The number of hydrogen-bond donors (Lipinski definition) is 2. The highest BCUT2D eigenvalue weighted by Gasteiger charge is 2.27. The van der Waals surface area contributed by atoms with Gasteiger partial charge in [0.25, 0.3) is 5.91 Å². The van der Waals surface area contributed by atoms with E-state index >= 15 is 0 Å². The van der Waals surface area contributed by atoms with Crippen LogP contribution in [0.25, 0.3) is 5.69 Å². The van der Waals surface area contributed by atoms with Gasteiger partial charge >= 0.3 is 6.03 Å². The standard InChI is InChI=1S/C28H26F2N6O3/c1-32-27(37)25-15-23(10-11-33-25)39-22-8-6-20(7-9-22)35(28(31)38)26-16-24(17-4-2-3-5-17)34-36(26)21-13-18(29)12-19(30)14-21/h6-17H,2-5H2,1H3,(H2,31,38)(H,32,37). The Labute approximate surface area is 223 Å². The molecular weight excluding hydrogens is 506 g/mol. The molecule has 0 aliphatic heterocycles. The quantitative estimate of drug-likeness (QED) is 0.323. The molecule has 2 aromatic heterocycles. The summed E-state index contributed by atoms with van der Waals surface area (Å²) >= 11 is 0. The highest BCUT2D eigenvalue weighted by Crippen LogP contribution is 2.38. The van der Waals surface area contributed by atoms with Crippen LogP contribution in [-0.2, 0) is 0 Å². The molecule has 2 aromatic carbocycles. The van der Waals surface area contributed by atoms with Crippen molar-refractivity contribution in [2.24, 2.45) is 5.73 Å². The van der Waals surface area contributed by atoms with Crippen molar-refractivity contribution in [1.29, 1.82) is 0 Å². The number of carbonyl (C=O) groups is 2. The van der Waals surface area contributed by atoms with Gasteiger partial charge in [0.15, 0.2) is 0 Å². The van der Waals surface area contributed by atoms with Crippen LogP contribution >= 0.6 is 0 Å². The van der Waals surface area contributed by atoms with Crippen molar-refractivity contribution in [3.63, 3.8) is 0 Å². The molecule has 11 heteroatoms. The summed E-state index contributed by atoms with van der Waals surface area (Å²) < 4.78 is 35.4. The van der Waals surface area contributed by atoms with Gasteiger partial charge in [0, 0.05) is 37.4 Å². The van der Waals surface area contributed by atoms with Gasteiger partial charge in [0.1, 0.15) is 34.6 Å². The fraction of sp³-hybridized carbons (Fsp3) is 0.214. The first-order valence-electron chi connectivity index (χ1n) is 12.4. The summed E-state index contributed by atoms with van der Waals surface area (Å²) in [6.07, 6.45) is 5.46. The average Bonchev–Trinajstić information content (AvgIpc) is 3.59. The highest BCUT2D eigenvalue weighted by atomic mass is 19.1. The number of carbonyl (C=O) groups excluding carboxylic acids is 2. The van der Waals surface area contributed by atoms with E-state index in [1.54, 1.807) is 36.4 Å². The molecule has 3 N–H and O–H groups in total. The number of ether oxygens (including phenoxy) is 1. The van der Waals surface area contributed by atoms with Crippen LogP contribution in [0.1, 0.15) is 47.8 Å². The minimum Gasteiger partial charge on any atom is -0.457 e. The lowest BCUT2D eigenvalue weighted by molar-refractivity contribution is 0.0957. The minimum atomic E-state index is -0.802. The summed E-state index contributed by atoms with van der Waals surface area (Å²) in [6.45, 7) is 0. The van der Waals surface area contributed by atoms with Crippen LogP contribution in [0.3, 0.4) is 0 Å². The number of nitrogens with two attached hydrogens (primary N) is 1. The topological polar surface area (TPSA) is 115 Å². The number of aromatic nitrogens is 3. The average molecular weight is 533 g/mol. The van der Waals surface area contributed by atoms with Crippen molar-refractivity contribution in [2.75, 3.05) is 11.9 Å². The van der Waals surface area contributed by atoms with Crippen LogP contribution in [0.2, 0.25) is 0 Å². The molecule has 1 fully saturated rings. The van der Waals surface area contributed by atoms with Crippen molar-refractivity contribution in [3.05, 3.63) is 89.9 Å². The second-order valence-electron chi connectivity index (χ2n) is 9.17. The second kappa shape index (κ2) is 10.9. The number of urea groups is 1. The second-order valence-corrected chi connectivity index (χ2v) is 9.17. The van der Waals surface area contributed by atoms with E-state index < -0.39 is 17.7 Å². The molecule has 2 heterocycles. The van der Waals surface area contributed by atoms with E-state index in [-0.39, 0.29) is 29.0 Å². The Kier molecular flexibility index (Phi) is 7.22. The maximum Gasteiger partial charge on any atom is 0.325 e. The third kappa shape index (κ3) is 5.57. The minimum absolute atomic E-state index is 0.127. The number of rotatable bonds is 7. The van der Waals surface area contributed by atoms with E-state index in [4.69, 9.17) is 10.5 Å². The molecule has 1 aliphatic rings. The maximum atomic E-state index is 14.1. The third-order valence-electron chi connectivity index (χ3n) is 6.55. The van der Waals surface area contributed by atoms with E-state index in [0.717, 1.165) is 49.6 Å². The van der Waals surface area contributed by atoms with Crippen LogP contribution in [0, 0.1) is 11.6 Å². The Balaban J connectivity index is 1.50. The van der Waals surface area contributed by atoms with Crippen molar-refractivity contribution in [2.45, 2.75) is 31.6 Å². The summed E-state index contributed by atoms with van der Waals surface area (Å²) in [5.74, 6) is -0.616. The van der Waals surface area contributed by atoms with Crippen LogP contribution in [-0.4, -0.2) is 33.8 Å². The molecule has 0 spiro atoms. The molecule has 3 amide bonds. The molecule has 39 heavy (non-hydrogen) atoms. The fourth-order valence-corrected chi connectivity index (χ4v) is 4.72. The third-order valence-corrected chi connectivity index (χ3v) is 6.55. The Bertz CT molecular complexity index is 1500. The molecule has 5 rings (SSSR count). The number of anilines is 2. The van der Waals surface area contributed by atoms with E-state index in [1.807, 2.05) is 0 Å². The monoisotopic (exact) mass is 532 g/mol. The Morgan fingerprint density at radius 2 is 1.69 bits per heavy atom. The van der Waals surface area contributed by atoms with Crippen molar-refractivity contribution < 1.29 is 23.1 Å². The largest absolute Gasteiger partial charge is 0.457 e. The van der Waals surface area contributed by atoms with Crippen molar-refractivity contribution >= 4 is 23.4 Å². The van der Waals surface area contributed by atoms with E-state index in [9.17, 15) is 18.4 Å². The lowest BCUT2D eigenvalue weighted by atomic mass is 10.0. The molecule has 1 aliphatic carbocycles. The zero-order valence-corrected chi connectivity index (χ0v) is 21.1. The molecule has 200 valence electrons. The number of primary amides is 1. The number of nitrogens with zero attached hydrogens (tertiary/aromatic N) is 4. The fourth-order valence-electron chi connectivity index (χ4n) is 4.72. The SMILES string of the molecule is CNC(=O)c1cc(Oc2ccc(N(C(N)=O)c3cc(C4CCCC4)nn3-c3cc(F)cc(F)c3)cc2)ccn1. The van der Waals surface area contributed by atoms with Gasteiger partial charge in [-0.15, -0.1) is 0 Å². The van der Waals surface area contributed by atoms with Crippen LogP contribution < -0.4 is 20.7 Å². The van der Waals surface area contributed by atoms with Gasteiger partial charge in [-0.1, -0.05) is 12.8 Å². The lowest BCUT2D eigenvalue weighted by Crippen LogP contribution is -2.33. The number of benzene rings is 2. The molecular formula is C28H26F2N6O3. The van der Waals surface area contributed by atoms with Gasteiger partial charge in [0.2, 0.25) is 0 Å². The van der Waals surface area contributed by atoms with Gasteiger partial charge in [-0.25, -0.2) is 23.2 Å². The number of hydrogen-bond acceptors (Lipinski definition) is 5. The van der Waals surface area contributed by atoms with Crippen LogP contribution in [0.5, 0.6) is 11.5 Å². The van der Waals surface area contributed by atoms with Gasteiger partial charge in [-0.3, -0.25) is 9.78 Å². The Morgan fingerprint density at radius 1 is 1.00 bits per heavy atom.